The first-order valence-corrected chi connectivity index (χ1v) is 6.85. The van der Waals surface area contributed by atoms with Crippen molar-refractivity contribution in [3.8, 4) is 0 Å². The lowest BCUT2D eigenvalue weighted by Crippen LogP contribution is -2.35. The SMILES string of the molecule is CC1CN(C(=N)N)c2ccc3c(N(C)C)cccc3c21.Cl.Cl. The Morgan fingerprint density at radius 3 is 2.45 bits per heavy atom. The number of hydrogen-bond donors (Lipinski definition) is 2. The molecule has 0 bridgehead atoms. The van der Waals surface area contributed by atoms with E-state index >= 15 is 0 Å². The van der Waals surface area contributed by atoms with Crippen LogP contribution < -0.4 is 15.5 Å². The third kappa shape index (κ3) is 2.69. The van der Waals surface area contributed by atoms with Gasteiger partial charge in [0.05, 0.1) is 0 Å². The van der Waals surface area contributed by atoms with E-state index in [1.165, 1.54) is 22.0 Å². The fourth-order valence-electron chi connectivity index (χ4n) is 3.19. The molecule has 1 atom stereocenters. The Balaban J connectivity index is 0.00000121. The summed E-state index contributed by atoms with van der Waals surface area (Å²) in [5, 5.41) is 10.3. The van der Waals surface area contributed by atoms with Crippen LogP contribution in [0.15, 0.2) is 30.3 Å². The second kappa shape index (κ2) is 6.63. The van der Waals surface area contributed by atoms with Crippen LogP contribution in [-0.4, -0.2) is 26.6 Å². The quantitative estimate of drug-likeness (QED) is 0.616. The average molecular weight is 341 g/mol. The molecule has 1 aliphatic heterocycles. The molecule has 1 heterocycles. The minimum absolute atomic E-state index is 0. The monoisotopic (exact) mass is 340 g/mol. The first-order chi connectivity index (χ1) is 9.50. The highest BCUT2D eigenvalue weighted by atomic mass is 35.5. The third-order valence-electron chi connectivity index (χ3n) is 4.07. The van der Waals surface area contributed by atoms with Gasteiger partial charge in [0.1, 0.15) is 0 Å². The van der Waals surface area contributed by atoms with Gasteiger partial charge >= 0.3 is 0 Å². The summed E-state index contributed by atoms with van der Waals surface area (Å²) in [4.78, 5) is 4.03. The second-order valence-electron chi connectivity index (χ2n) is 5.66. The molecule has 0 spiro atoms. The molecule has 4 nitrogen and oxygen atoms in total. The summed E-state index contributed by atoms with van der Waals surface area (Å²) in [6, 6.07) is 10.6. The molecule has 0 aliphatic carbocycles. The molecule has 1 unspecified atom stereocenters. The van der Waals surface area contributed by atoms with Crippen LogP contribution in [0.5, 0.6) is 0 Å². The molecule has 6 heteroatoms. The molecule has 2 aromatic rings. The second-order valence-corrected chi connectivity index (χ2v) is 5.66. The van der Waals surface area contributed by atoms with Gasteiger partial charge in [0.25, 0.3) is 0 Å². The van der Waals surface area contributed by atoms with E-state index in [-0.39, 0.29) is 30.8 Å². The first kappa shape index (κ1) is 18.4. The van der Waals surface area contributed by atoms with Crippen LogP contribution in [0.3, 0.4) is 0 Å². The Labute approximate surface area is 143 Å². The van der Waals surface area contributed by atoms with E-state index in [0.29, 0.717) is 5.92 Å². The van der Waals surface area contributed by atoms with Crippen LogP contribution in [0.1, 0.15) is 18.4 Å². The highest BCUT2D eigenvalue weighted by Crippen LogP contribution is 2.42. The maximum Gasteiger partial charge on any atom is 0.192 e. The topological polar surface area (TPSA) is 56.4 Å². The van der Waals surface area contributed by atoms with Crippen molar-refractivity contribution in [2.45, 2.75) is 12.8 Å². The van der Waals surface area contributed by atoms with Gasteiger partial charge in [-0.1, -0.05) is 25.1 Å². The normalized spacial score (nSPS) is 15.8. The predicted octanol–water partition coefficient (Wildman–Crippen LogP) is 3.57. The molecule has 120 valence electrons. The smallest absolute Gasteiger partial charge is 0.192 e. The summed E-state index contributed by atoms with van der Waals surface area (Å²) >= 11 is 0. The maximum absolute atomic E-state index is 7.73. The van der Waals surface area contributed by atoms with Gasteiger partial charge in [0.2, 0.25) is 0 Å². The Morgan fingerprint density at radius 1 is 1.18 bits per heavy atom. The van der Waals surface area contributed by atoms with Gasteiger partial charge in [-0.05, 0) is 23.1 Å². The fourth-order valence-corrected chi connectivity index (χ4v) is 3.19. The van der Waals surface area contributed by atoms with Crippen molar-refractivity contribution in [1.29, 1.82) is 5.41 Å². The lowest BCUT2D eigenvalue weighted by molar-refractivity contribution is 0.822. The van der Waals surface area contributed by atoms with Crippen LogP contribution in [0.25, 0.3) is 10.8 Å². The molecule has 0 saturated heterocycles. The molecule has 0 radical (unpaired) electrons. The van der Waals surface area contributed by atoms with Crippen molar-refractivity contribution >= 4 is 52.9 Å². The average Bonchev–Trinajstić information content (AvgIpc) is 2.76. The lowest BCUT2D eigenvalue weighted by atomic mass is 9.95. The van der Waals surface area contributed by atoms with Crippen molar-refractivity contribution in [3.63, 3.8) is 0 Å². The van der Waals surface area contributed by atoms with E-state index < -0.39 is 0 Å². The van der Waals surface area contributed by atoms with Crippen LogP contribution in [0, 0.1) is 5.41 Å². The zero-order valence-electron chi connectivity index (χ0n) is 13.0. The van der Waals surface area contributed by atoms with Gasteiger partial charge in [-0.3, -0.25) is 5.41 Å². The predicted molar refractivity (Wildman–Crippen MR) is 100 cm³/mol. The van der Waals surface area contributed by atoms with Crippen LogP contribution in [-0.2, 0) is 0 Å². The molecular weight excluding hydrogens is 319 g/mol. The van der Waals surface area contributed by atoms with E-state index in [2.05, 4.69) is 56.3 Å². The van der Waals surface area contributed by atoms with Gasteiger partial charge in [-0.25, -0.2) is 0 Å². The van der Waals surface area contributed by atoms with Crippen molar-refractivity contribution in [2.24, 2.45) is 5.73 Å². The number of nitrogens with two attached hydrogens (primary N) is 1. The number of fused-ring (bicyclic) bond motifs is 3. The van der Waals surface area contributed by atoms with E-state index in [4.69, 9.17) is 11.1 Å². The van der Waals surface area contributed by atoms with Gasteiger partial charge in [0.15, 0.2) is 5.96 Å². The molecule has 22 heavy (non-hydrogen) atoms. The van der Waals surface area contributed by atoms with E-state index in [9.17, 15) is 0 Å². The summed E-state index contributed by atoms with van der Waals surface area (Å²) in [5.74, 6) is 0.508. The minimum Gasteiger partial charge on any atom is -0.377 e. The molecule has 2 aromatic carbocycles. The number of rotatable bonds is 1. The summed E-state index contributed by atoms with van der Waals surface area (Å²) in [6.45, 7) is 2.99. The van der Waals surface area contributed by atoms with Crippen molar-refractivity contribution in [2.75, 3.05) is 30.4 Å². The van der Waals surface area contributed by atoms with Gasteiger partial charge in [-0.2, -0.15) is 0 Å². The van der Waals surface area contributed by atoms with Crippen molar-refractivity contribution in [1.82, 2.24) is 0 Å². The fraction of sp³-hybridized carbons (Fsp3) is 0.312. The van der Waals surface area contributed by atoms with Crippen molar-refractivity contribution in [3.05, 3.63) is 35.9 Å². The summed E-state index contributed by atoms with van der Waals surface area (Å²) in [6.07, 6.45) is 0. The highest BCUT2D eigenvalue weighted by Gasteiger charge is 2.29. The lowest BCUT2D eigenvalue weighted by Gasteiger charge is -2.19. The Morgan fingerprint density at radius 2 is 1.86 bits per heavy atom. The molecule has 3 N–H and O–H groups in total. The van der Waals surface area contributed by atoms with Crippen LogP contribution in [0.4, 0.5) is 11.4 Å². The first-order valence-electron chi connectivity index (χ1n) is 6.85. The summed E-state index contributed by atoms with van der Waals surface area (Å²) in [5.41, 5.74) is 9.30. The number of guanidine groups is 1. The summed E-state index contributed by atoms with van der Waals surface area (Å²) < 4.78 is 0. The van der Waals surface area contributed by atoms with E-state index in [1.807, 2.05) is 4.90 Å². The largest absolute Gasteiger partial charge is 0.377 e. The Bertz CT molecular complexity index is 700. The van der Waals surface area contributed by atoms with E-state index in [0.717, 1.165) is 12.2 Å². The van der Waals surface area contributed by atoms with Crippen LogP contribution in [0.2, 0.25) is 0 Å². The zero-order chi connectivity index (χ0) is 14.4. The molecule has 1 aliphatic rings. The molecule has 0 amide bonds. The third-order valence-corrected chi connectivity index (χ3v) is 4.07. The van der Waals surface area contributed by atoms with Gasteiger partial charge < -0.3 is 15.5 Å². The number of nitrogens with zero attached hydrogens (tertiary/aromatic N) is 2. The molecular formula is C16H22Cl2N4. The van der Waals surface area contributed by atoms with Crippen LogP contribution >= 0.6 is 24.8 Å². The van der Waals surface area contributed by atoms with Gasteiger partial charge in [-0.15, -0.1) is 24.8 Å². The molecule has 0 aromatic heterocycles. The van der Waals surface area contributed by atoms with Crippen molar-refractivity contribution < 1.29 is 0 Å². The molecule has 0 saturated carbocycles. The molecule has 0 fully saturated rings. The standard InChI is InChI=1S/C16H20N4.2ClH/c1-10-9-20(16(17)18)14-8-7-11-12(15(10)14)5-4-6-13(11)19(2)3;;/h4-8,10H,9H2,1-3H3,(H3,17,18);2*1H. The summed E-state index contributed by atoms with van der Waals surface area (Å²) in [7, 11) is 4.13. The minimum atomic E-state index is 0. The number of benzene rings is 2. The highest BCUT2D eigenvalue weighted by molar-refractivity contribution is 6.04. The molecule has 3 rings (SSSR count). The maximum atomic E-state index is 7.73. The van der Waals surface area contributed by atoms with E-state index in [1.54, 1.807) is 0 Å². The number of anilines is 2. The van der Waals surface area contributed by atoms with Gasteiger partial charge in [0, 0.05) is 43.3 Å². The number of halogens is 2. The zero-order valence-corrected chi connectivity index (χ0v) is 14.6. The Kier molecular flexibility index (Phi) is 5.54. The number of hydrogen-bond acceptors (Lipinski definition) is 2. The Hall–Kier alpha value is -1.65. The number of nitrogens with one attached hydrogen (secondary N) is 1.